The van der Waals surface area contributed by atoms with Gasteiger partial charge in [-0.3, -0.25) is 4.79 Å². The van der Waals surface area contributed by atoms with Gasteiger partial charge in [-0.1, -0.05) is 26.8 Å². The Bertz CT molecular complexity index is 1490. The lowest BCUT2D eigenvalue weighted by molar-refractivity contribution is 0.0981. The number of nitrogens with zero attached hydrogens (tertiary/aromatic N) is 3. The van der Waals surface area contributed by atoms with Gasteiger partial charge in [0.25, 0.3) is 15.9 Å². The second-order valence-corrected chi connectivity index (χ2v) is 12.9. The van der Waals surface area contributed by atoms with E-state index < -0.39 is 21.7 Å². The summed E-state index contributed by atoms with van der Waals surface area (Å²) in [5.41, 5.74) is 1.20. The topological polar surface area (TPSA) is 101 Å². The van der Waals surface area contributed by atoms with Crippen molar-refractivity contribution in [3.05, 3.63) is 65.6 Å². The van der Waals surface area contributed by atoms with Crippen molar-refractivity contribution in [3.8, 4) is 17.0 Å². The number of carbonyl (C=O) groups excluding carboxylic acids is 1. The largest absolute Gasteiger partial charge is 0.493 e. The van der Waals surface area contributed by atoms with Gasteiger partial charge in [-0.25, -0.2) is 19.1 Å². The molecule has 4 rings (SSSR count). The van der Waals surface area contributed by atoms with Crippen molar-refractivity contribution in [1.29, 1.82) is 0 Å². The number of nitrogens with one attached hydrogen (secondary N) is 1. The molecule has 1 amide bonds. The minimum atomic E-state index is -4.22. The van der Waals surface area contributed by atoms with Gasteiger partial charge in [-0.15, -0.1) is 0 Å². The molecule has 0 radical (unpaired) electrons. The second-order valence-electron chi connectivity index (χ2n) is 11.2. The highest BCUT2D eigenvalue weighted by Crippen LogP contribution is 2.38. The number of aryl methyl sites for hydroxylation is 1. The van der Waals surface area contributed by atoms with E-state index in [-0.39, 0.29) is 22.0 Å². The van der Waals surface area contributed by atoms with Crippen LogP contribution < -0.4 is 14.4 Å². The molecule has 2 aromatic heterocycles. The normalized spacial score (nSPS) is 16.9. The summed E-state index contributed by atoms with van der Waals surface area (Å²) in [6, 6.07) is 12.1. The Kier molecular flexibility index (Phi) is 7.97. The van der Waals surface area contributed by atoms with Gasteiger partial charge >= 0.3 is 0 Å². The highest BCUT2D eigenvalue weighted by Gasteiger charge is 2.39. The lowest BCUT2D eigenvalue weighted by Crippen LogP contribution is -2.41. The molecule has 3 heterocycles. The molecule has 0 saturated carbocycles. The lowest BCUT2D eigenvalue weighted by Gasteiger charge is -2.34. The molecule has 1 aliphatic heterocycles. The van der Waals surface area contributed by atoms with Gasteiger partial charge in [0.1, 0.15) is 17.4 Å². The van der Waals surface area contributed by atoms with E-state index in [4.69, 9.17) is 9.72 Å². The number of aromatic nitrogens is 2. The number of halogens is 1. The van der Waals surface area contributed by atoms with E-state index in [0.717, 1.165) is 6.42 Å². The number of pyridine rings is 2. The molecular weight excluding hydrogens is 519 g/mol. The summed E-state index contributed by atoms with van der Waals surface area (Å²) in [5, 5.41) is -0.245. The fourth-order valence-electron chi connectivity index (χ4n) is 4.91. The number of anilines is 1. The predicted molar refractivity (Wildman–Crippen MR) is 149 cm³/mol. The Morgan fingerprint density at radius 3 is 2.56 bits per heavy atom. The molecule has 0 bridgehead atoms. The van der Waals surface area contributed by atoms with E-state index in [1.54, 1.807) is 31.2 Å². The SMILES string of the molecule is Cc1cccc(S(=O)(=O)NC(=O)c2ccc(-c3cc(F)cc(OCC(C)C)c3)nc2N2C[C@@H](C)CC2(C)C)n1. The Morgan fingerprint density at radius 2 is 1.92 bits per heavy atom. The third-order valence-corrected chi connectivity index (χ3v) is 7.80. The molecule has 10 heteroatoms. The van der Waals surface area contributed by atoms with Gasteiger partial charge < -0.3 is 9.64 Å². The molecule has 1 saturated heterocycles. The second kappa shape index (κ2) is 10.9. The average molecular weight is 555 g/mol. The maximum atomic E-state index is 14.5. The van der Waals surface area contributed by atoms with Crippen molar-refractivity contribution in [2.75, 3.05) is 18.1 Å². The van der Waals surface area contributed by atoms with Crippen LogP contribution >= 0.6 is 0 Å². The Balaban J connectivity index is 1.76. The molecule has 0 spiro atoms. The first-order chi connectivity index (χ1) is 18.2. The number of carbonyl (C=O) groups is 1. The summed E-state index contributed by atoms with van der Waals surface area (Å²) >= 11 is 0. The molecule has 208 valence electrons. The summed E-state index contributed by atoms with van der Waals surface area (Å²) < 4.78 is 48.4. The van der Waals surface area contributed by atoms with Gasteiger partial charge in [0.05, 0.1) is 17.9 Å². The van der Waals surface area contributed by atoms with Crippen LogP contribution in [0.15, 0.2) is 53.6 Å². The Labute approximate surface area is 229 Å². The van der Waals surface area contributed by atoms with Crippen LogP contribution in [0.1, 0.15) is 57.1 Å². The monoisotopic (exact) mass is 554 g/mol. The minimum absolute atomic E-state index is 0.102. The summed E-state index contributed by atoms with van der Waals surface area (Å²) in [6.07, 6.45) is 0.860. The number of hydrogen-bond donors (Lipinski definition) is 1. The zero-order valence-electron chi connectivity index (χ0n) is 23.2. The van der Waals surface area contributed by atoms with Crippen LogP contribution in [0, 0.1) is 24.6 Å². The van der Waals surface area contributed by atoms with Gasteiger partial charge in [0.15, 0.2) is 5.03 Å². The highest BCUT2D eigenvalue weighted by atomic mass is 32.2. The number of amides is 1. The molecule has 1 atom stereocenters. The van der Waals surface area contributed by atoms with Crippen LogP contribution in [0.5, 0.6) is 5.75 Å². The minimum Gasteiger partial charge on any atom is -0.493 e. The van der Waals surface area contributed by atoms with Crippen LogP contribution in [0.4, 0.5) is 10.2 Å². The van der Waals surface area contributed by atoms with Crippen molar-refractivity contribution < 1.29 is 22.3 Å². The molecule has 1 fully saturated rings. The van der Waals surface area contributed by atoms with E-state index in [0.29, 0.717) is 47.6 Å². The molecule has 1 aliphatic rings. The van der Waals surface area contributed by atoms with Crippen molar-refractivity contribution >= 4 is 21.7 Å². The molecule has 3 aromatic rings. The number of rotatable bonds is 8. The zero-order valence-corrected chi connectivity index (χ0v) is 24.0. The quantitative estimate of drug-likeness (QED) is 0.399. The number of ether oxygens (including phenoxy) is 1. The fraction of sp³-hybridized carbons (Fsp3) is 0.414. The molecule has 0 aliphatic carbocycles. The van der Waals surface area contributed by atoms with Crippen molar-refractivity contribution in [1.82, 2.24) is 14.7 Å². The lowest BCUT2D eigenvalue weighted by atomic mass is 9.97. The molecule has 39 heavy (non-hydrogen) atoms. The van der Waals surface area contributed by atoms with E-state index in [2.05, 4.69) is 30.5 Å². The first-order valence-electron chi connectivity index (χ1n) is 13.0. The summed E-state index contributed by atoms with van der Waals surface area (Å²) in [4.78, 5) is 24.3. The van der Waals surface area contributed by atoms with Crippen LogP contribution in [0.3, 0.4) is 0 Å². The Morgan fingerprint density at radius 1 is 1.18 bits per heavy atom. The van der Waals surface area contributed by atoms with Crippen LogP contribution in [-0.4, -0.2) is 43.0 Å². The van der Waals surface area contributed by atoms with E-state index in [1.807, 2.05) is 18.7 Å². The number of benzene rings is 1. The summed E-state index contributed by atoms with van der Waals surface area (Å²) in [6.45, 7) is 13.0. The highest BCUT2D eigenvalue weighted by molar-refractivity contribution is 7.90. The van der Waals surface area contributed by atoms with Crippen molar-refractivity contribution in [2.24, 2.45) is 11.8 Å². The molecule has 1 aromatic carbocycles. The van der Waals surface area contributed by atoms with Crippen molar-refractivity contribution in [2.45, 2.75) is 58.5 Å². The number of hydrogen-bond acceptors (Lipinski definition) is 7. The first kappa shape index (κ1) is 28.5. The maximum absolute atomic E-state index is 14.5. The van der Waals surface area contributed by atoms with Crippen molar-refractivity contribution in [3.63, 3.8) is 0 Å². The molecular formula is C29H35FN4O4S. The third-order valence-electron chi connectivity index (χ3n) is 6.56. The molecule has 8 nitrogen and oxygen atoms in total. The van der Waals surface area contributed by atoms with Crippen LogP contribution in [-0.2, 0) is 10.0 Å². The standard InChI is InChI=1S/C29H35FN4O4S/c1-18(2)17-38-23-13-21(12-22(30)14-23)25-11-10-24(27(32-25)34-16-19(3)15-29(34,5)6)28(35)33-39(36,37)26-9-7-8-20(4)31-26/h7-14,18-19H,15-17H2,1-6H3,(H,33,35)/t19-/m0/s1. The zero-order chi connectivity index (χ0) is 28.5. The van der Waals surface area contributed by atoms with Gasteiger partial charge in [-0.05, 0) is 75.4 Å². The van der Waals surface area contributed by atoms with Crippen LogP contribution in [0.25, 0.3) is 11.3 Å². The molecule has 0 unspecified atom stereocenters. The smallest absolute Gasteiger partial charge is 0.281 e. The maximum Gasteiger partial charge on any atom is 0.281 e. The summed E-state index contributed by atoms with van der Waals surface area (Å²) in [7, 11) is -4.22. The fourth-order valence-corrected chi connectivity index (χ4v) is 5.89. The summed E-state index contributed by atoms with van der Waals surface area (Å²) in [5.74, 6) is 0.0271. The van der Waals surface area contributed by atoms with Gasteiger partial charge in [0, 0.05) is 29.4 Å². The predicted octanol–water partition coefficient (Wildman–Crippen LogP) is 5.37. The van der Waals surface area contributed by atoms with E-state index in [9.17, 15) is 17.6 Å². The van der Waals surface area contributed by atoms with Gasteiger partial charge in [0.2, 0.25) is 0 Å². The average Bonchev–Trinajstić information content (AvgIpc) is 3.13. The van der Waals surface area contributed by atoms with E-state index in [1.165, 1.54) is 24.3 Å². The van der Waals surface area contributed by atoms with Crippen LogP contribution in [0.2, 0.25) is 0 Å². The first-order valence-corrected chi connectivity index (χ1v) is 14.5. The number of sulfonamides is 1. The van der Waals surface area contributed by atoms with Gasteiger partial charge in [-0.2, -0.15) is 8.42 Å². The Hall–Kier alpha value is -3.53. The van der Waals surface area contributed by atoms with E-state index >= 15 is 0 Å². The molecule has 1 N–H and O–H groups in total. The third kappa shape index (κ3) is 6.55.